The molecule has 0 aliphatic carbocycles. The van der Waals surface area contributed by atoms with Gasteiger partial charge in [0.25, 0.3) is 0 Å². The van der Waals surface area contributed by atoms with Gasteiger partial charge >= 0.3 is 0 Å². The number of aryl methyl sites for hydroxylation is 3. The Morgan fingerprint density at radius 2 is 2.24 bits per heavy atom. The van der Waals surface area contributed by atoms with Gasteiger partial charge in [0.1, 0.15) is 5.82 Å². The van der Waals surface area contributed by atoms with Crippen molar-refractivity contribution in [3.05, 3.63) is 33.8 Å². The van der Waals surface area contributed by atoms with Crippen LogP contribution in [0.4, 0.5) is 0 Å². The molecule has 1 unspecified atom stereocenters. The number of hydrogen-bond donors (Lipinski definition) is 1. The topological polar surface area (TPSA) is 59.8 Å². The number of carbonyl (C=O) groups excluding carboxylic acids is 1. The zero-order valence-electron chi connectivity index (χ0n) is 13.0. The molecule has 1 N–H and O–H groups in total. The van der Waals surface area contributed by atoms with Gasteiger partial charge in [-0.2, -0.15) is 0 Å². The number of carbonyl (C=O) groups is 1. The fourth-order valence-corrected chi connectivity index (χ4v) is 3.33. The molecule has 2 aromatic rings. The minimum Gasteiger partial charge on any atom is -0.346 e. The number of thiazole rings is 1. The summed E-state index contributed by atoms with van der Waals surface area (Å²) >= 11 is 1.59. The van der Waals surface area contributed by atoms with Crippen molar-refractivity contribution in [1.29, 1.82) is 0 Å². The molecule has 0 aliphatic rings. The highest BCUT2D eigenvalue weighted by Gasteiger charge is 2.19. The molecule has 0 saturated heterocycles. The molecule has 5 nitrogen and oxygen atoms in total. The highest BCUT2D eigenvalue weighted by molar-refractivity contribution is 7.11. The van der Waals surface area contributed by atoms with Gasteiger partial charge in [-0.15, -0.1) is 11.3 Å². The fraction of sp³-hybridized carbons (Fsp3) is 0.533. The first-order valence-corrected chi connectivity index (χ1v) is 8.02. The average Bonchev–Trinajstić information content (AvgIpc) is 2.95. The van der Waals surface area contributed by atoms with Gasteiger partial charge in [0, 0.05) is 24.3 Å². The van der Waals surface area contributed by atoms with Crippen molar-refractivity contribution >= 4 is 17.2 Å². The Balaban J connectivity index is 2.05. The largest absolute Gasteiger partial charge is 0.346 e. The molecule has 1 amide bonds. The number of aromatic nitrogens is 3. The number of nitrogens with zero attached hydrogens (tertiary/aromatic N) is 3. The maximum absolute atomic E-state index is 12.3. The van der Waals surface area contributed by atoms with Crippen LogP contribution < -0.4 is 5.32 Å². The highest BCUT2D eigenvalue weighted by Crippen LogP contribution is 2.20. The lowest BCUT2D eigenvalue weighted by molar-refractivity contribution is -0.121. The van der Waals surface area contributed by atoms with E-state index < -0.39 is 0 Å². The molecule has 0 aliphatic heterocycles. The van der Waals surface area contributed by atoms with Crippen LogP contribution in [0.2, 0.25) is 0 Å². The van der Waals surface area contributed by atoms with Crippen molar-refractivity contribution in [1.82, 2.24) is 19.9 Å². The summed E-state index contributed by atoms with van der Waals surface area (Å²) in [6.07, 6.45) is 5.94. The molecular weight excluding hydrogens is 284 g/mol. The lowest BCUT2D eigenvalue weighted by atomic mass is 10.1. The second-order valence-electron chi connectivity index (χ2n) is 5.22. The third-order valence-corrected chi connectivity index (χ3v) is 4.48. The van der Waals surface area contributed by atoms with Crippen LogP contribution in [0.25, 0.3) is 0 Å². The summed E-state index contributed by atoms with van der Waals surface area (Å²) in [5.74, 6) is 0.936. The molecule has 2 rings (SSSR count). The van der Waals surface area contributed by atoms with Gasteiger partial charge in [-0.1, -0.05) is 13.3 Å². The summed E-state index contributed by atoms with van der Waals surface area (Å²) < 4.78 is 1.96. The maximum Gasteiger partial charge on any atom is 0.225 e. The number of imidazole rings is 1. The van der Waals surface area contributed by atoms with Crippen LogP contribution in [-0.2, 0) is 18.3 Å². The Morgan fingerprint density at radius 1 is 1.48 bits per heavy atom. The molecular formula is C15H22N4OS. The molecule has 0 saturated carbocycles. The van der Waals surface area contributed by atoms with E-state index in [-0.39, 0.29) is 11.9 Å². The molecule has 0 spiro atoms. The van der Waals surface area contributed by atoms with Gasteiger partial charge in [-0.25, -0.2) is 9.97 Å². The monoisotopic (exact) mass is 306 g/mol. The van der Waals surface area contributed by atoms with E-state index in [9.17, 15) is 4.79 Å². The molecule has 1 atom stereocenters. The zero-order valence-corrected chi connectivity index (χ0v) is 13.8. The van der Waals surface area contributed by atoms with Crippen LogP contribution >= 0.6 is 11.3 Å². The van der Waals surface area contributed by atoms with Crippen molar-refractivity contribution in [2.45, 2.75) is 46.1 Å². The molecule has 21 heavy (non-hydrogen) atoms. The van der Waals surface area contributed by atoms with E-state index in [1.54, 1.807) is 17.5 Å². The molecule has 6 heteroatoms. The lowest BCUT2D eigenvalue weighted by Gasteiger charge is -2.17. The molecule has 0 bridgehead atoms. The summed E-state index contributed by atoms with van der Waals surface area (Å²) in [6, 6.07) is -0.0307. The summed E-state index contributed by atoms with van der Waals surface area (Å²) in [7, 11) is 1.95. The molecule has 0 radical (unpaired) electrons. The summed E-state index contributed by atoms with van der Waals surface area (Å²) in [6.45, 7) is 6.03. The Bertz CT molecular complexity index is 617. The van der Waals surface area contributed by atoms with E-state index in [2.05, 4.69) is 22.2 Å². The number of amides is 1. The van der Waals surface area contributed by atoms with Gasteiger partial charge in [0.15, 0.2) is 0 Å². The predicted octanol–water partition coefficient (Wildman–Crippen LogP) is 2.69. The maximum atomic E-state index is 12.3. The first-order valence-electron chi connectivity index (χ1n) is 7.20. The first-order chi connectivity index (χ1) is 10.0. The van der Waals surface area contributed by atoms with Crippen LogP contribution in [0.3, 0.4) is 0 Å². The molecule has 2 aromatic heterocycles. The van der Waals surface area contributed by atoms with Crippen LogP contribution in [0, 0.1) is 13.8 Å². The number of rotatable bonds is 6. The van der Waals surface area contributed by atoms with E-state index in [1.165, 1.54) is 0 Å². The van der Waals surface area contributed by atoms with Crippen LogP contribution in [0.5, 0.6) is 0 Å². The van der Waals surface area contributed by atoms with Crippen molar-refractivity contribution in [2.75, 3.05) is 0 Å². The predicted molar refractivity (Wildman–Crippen MR) is 84.3 cm³/mol. The Kier molecular flexibility index (Phi) is 5.12. The van der Waals surface area contributed by atoms with Crippen LogP contribution in [0.15, 0.2) is 12.4 Å². The third kappa shape index (κ3) is 3.91. The van der Waals surface area contributed by atoms with Gasteiger partial charge in [-0.3, -0.25) is 4.79 Å². The van der Waals surface area contributed by atoms with Crippen molar-refractivity contribution in [3.63, 3.8) is 0 Å². The van der Waals surface area contributed by atoms with Crippen molar-refractivity contribution in [3.8, 4) is 0 Å². The Morgan fingerprint density at radius 3 is 2.76 bits per heavy atom. The number of hydrogen-bond acceptors (Lipinski definition) is 4. The van der Waals surface area contributed by atoms with E-state index in [4.69, 9.17) is 0 Å². The molecule has 0 fully saturated rings. The average molecular weight is 306 g/mol. The smallest absolute Gasteiger partial charge is 0.225 e. The van der Waals surface area contributed by atoms with Gasteiger partial charge in [0.05, 0.1) is 23.2 Å². The zero-order chi connectivity index (χ0) is 15.4. The highest BCUT2D eigenvalue weighted by atomic mass is 32.1. The van der Waals surface area contributed by atoms with Crippen LogP contribution in [-0.4, -0.2) is 20.4 Å². The normalized spacial score (nSPS) is 12.4. The minimum atomic E-state index is -0.0307. The van der Waals surface area contributed by atoms with Gasteiger partial charge in [0.2, 0.25) is 5.91 Å². The Labute approximate surface area is 129 Å². The van der Waals surface area contributed by atoms with E-state index in [1.807, 2.05) is 31.7 Å². The summed E-state index contributed by atoms with van der Waals surface area (Å²) in [4.78, 5) is 22.1. The fourth-order valence-electron chi connectivity index (χ4n) is 2.40. The van der Waals surface area contributed by atoms with Crippen molar-refractivity contribution in [2.24, 2.45) is 7.05 Å². The minimum absolute atomic E-state index is 0.0307. The van der Waals surface area contributed by atoms with Crippen LogP contribution in [0.1, 0.15) is 47.2 Å². The summed E-state index contributed by atoms with van der Waals surface area (Å²) in [5, 5.41) is 4.11. The molecule has 0 aromatic carbocycles. The van der Waals surface area contributed by atoms with Gasteiger partial charge in [-0.05, 0) is 20.3 Å². The Hall–Kier alpha value is -1.69. The summed E-state index contributed by atoms with van der Waals surface area (Å²) in [5.41, 5.74) is 0.955. The first kappa shape index (κ1) is 15.7. The van der Waals surface area contributed by atoms with Crippen molar-refractivity contribution < 1.29 is 4.79 Å². The van der Waals surface area contributed by atoms with E-state index >= 15 is 0 Å². The SMILES string of the molecule is CCCC(NC(=O)Cc1sc(C)nc1C)c1nccn1C. The van der Waals surface area contributed by atoms with Gasteiger partial charge < -0.3 is 9.88 Å². The number of nitrogens with one attached hydrogen (secondary N) is 1. The molecule has 114 valence electrons. The van der Waals surface area contributed by atoms with E-state index in [0.29, 0.717) is 6.42 Å². The lowest BCUT2D eigenvalue weighted by Crippen LogP contribution is -2.31. The standard InChI is InChI=1S/C15H22N4OS/c1-5-6-12(15-16-7-8-19(15)4)18-14(20)9-13-10(2)17-11(3)21-13/h7-8,12H,5-6,9H2,1-4H3,(H,18,20). The second-order valence-corrected chi connectivity index (χ2v) is 6.51. The molecule has 2 heterocycles. The van der Waals surface area contributed by atoms with E-state index in [0.717, 1.165) is 34.2 Å². The second kappa shape index (κ2) is 6.85. The third-order valence-electron chi connectivity index (χ3n) is 3.40. The quantitative estimate of drug-likeness (QED) is 0.892.